The minimum absolute atomic E-state index is 0.468. The highest BCUT2D eigenvalue weighted by atomic mass is 16.7. The first kappa shape index (κ1) is 11.3. The van der Waals surface area contributed by atoms with Gasteiger partial charge in [-0.2, -0.15) is 0 Å². The Morgan fingerprint density at radius 3 is 2.57 bits per heavy atom. The van der Waals surface area contributed by atoms with Crippen molar-refractivity contribution in [3.63, 3.8) is 0 Å². The van der Waals surface area contributed by atoms with Crippen LogP contribution in [0.1, 0.15) is 0 Å². The Balaban J connectivity index is 2.85. The zero-order valence-electron chi connectivity index (χ0n) is 7.45. The Labute approximate surface area is 79.5 Å². The van der Waals surface area contributed by atoms with Crippen LogP contribution >= 0.6 is 0 Å². The van der Waals surface area contributed by atoms with Crippen LogP contribution in [0.25, 0.3) is 0 Å². The lowest BCUT2D eigenvalue weighted by atomic mass is 9.97. The molecule has 0 bridgehead atoms. The first-order chi connectivity index (χ1) is 6.43. The maximum absolute atomic E-state index is 11.0. The van der Waals surface area contributed by atoms with Gasteiger partial charge in [0.2, 0.25) is 0 Å². The van der Waals surface area contributed by atoms with E-state index >= 15 is 0 Å². The highest BCUT2D eigenvalue weighted by molar-refractivity contribution is 5.78. The van der Waals surface area contributed by atoms with Gasteiger partial charge < -0.3 is 29.9 Å². The average Bonchev–Trinajstić information content (AvgIpc) is 2.19. The van der Waals surface area contributed by atoms with Crippen LogP contribution in [0.5, 0.6) is 0 Å². The second kappa shape index (κ2) is 3.79. The van der Waals surface area contributed by atoms with Gasteiger partial charge in [0.05, 0.1) is 13.7 Å². The molecule has 0 aliphatic carbocycles. The van der Waals surface area contributed by atoms with Crippen molar-refractivity contribution < 1.29 is 34.7 Å². The van der Waals surface area contributed by atoms with E-state index in [4.69, 9.17) is 5.11 Å². The summed E-state index contributed by atoms with van der Waals surface area (Å²) < 4.78 is 8.71. The summed E-state index contributed by atoms with van der Waals surface area (Å²) in [4.78, 5) is 11.0. The van der Waals surface area contributed by atoms with E-state index in [0.29, 0.717) is 0 Å². The molecule has 1 fully saturated rings. The lowest BCUT2D eigenvalue weighted by Crippen LogP contribution is -2.64. The van der Waals surface area contributed by atoms with Crippen molar-refractivity contribution in [2.24, 2.45) is 0 Å². The maximum atomic E-state index is 11.0. The van der Waals surface area contributed by atoms with E-state index in [-0.39, 0.29) is 0 Å². The van der Waals surface area contributed by atoms with Gasteiger partial charge in [0.25, 0.3) is 5.79 Å². The SMILES string of the molecule is COC(=O)[C@@]1(O)OC[C@@H](O)[C@@H](O)[C@H]1O. The number of hydrogen-bond acceptors (Lipinski definition) is 7. The van der Waals surface area contributed by atoms with E-state index in [0.717, 1.165) is 7.11 Å². The third-order valence-electron chi connectivity index (χ3n) is 2.07. The molecular weight excluding hydrogens is 196 g/mol. The van der Waals surface area contributed by atoms with Gasteiger partial charge in [0.15, 0.2) is 0 Å². The van der Waals surface area contributed by atoms with Gasteiger partial charge >= 0.3 is 5.97 Å². The second-order valence-corrected chi connectivity index (χ2v) is 3.00. The predicted octanol–water partition coefficient (Wildman–Crippen LogP) is -3.04. The summed E-state index contributed by atoms with van der Waals surface area (Å²) >= 11 is 0. The molecule has 1 aliphatic heterocycles. The molecular formula is C7H12O7. The summed E-state index contributed by atoms with van der Waals surface area (Å²) in [5, 5.41) is 37.0. The van der Waals surface area contributed by atoms with E-state index < -0.39 is 36.7 Å². The Morgan fingerprint density at radius 1 is 1.50 bits per heavy atom. The fraction of sp³-hybridized carbons (Fsp3) is 0.857. The Kier molecular flexibility index (Phi) is 3.07. The van der Waals surface area contributed by atoms with Crippen LogP contribution in [0.15, 0.2) is 0 Å². The third kappa shape index (κ3) is 1.60. The molecule has 0 amide bonds. The smallest absolute Gasteiger partial charge is 0.369 e. The first-order valence-corrected chi connectivity index (χ1v) is 3.92. The quantitative estimate of drug-likeness (QED) is 0.338. The van der Waals surface area contributed by atoms with Crippen LogP contribution in [0.2, 0.25) is 0 Å². The van der Waals surface area contributed by atoms with Crippen molar-refractivity contribution >= 4 is 5.97 Å². The largest absolute Gasteiger partial charge is 0.465 e. The lowest BCUT2D eigenvalue weighted by molar-refractivity contribution is -0.312. The minimum Gasteiger partial charge on any atom is -0.465 e. The molecule has 7 nitrogen and oxygen atoms in total. The number of rotatable bonds is 1. The fourth-order valence-corrected chi connectivity index (χ4v) is 1.16. The normalized spacial score (nSPS) is 43.4. The van der Waals surface area contributed by atoms with E-state index in [1.807, 2.05) is 0 Å². The van der Waals surface area contributed by atoms with Crippen molar-refractivity contribution in [1.29, 1.82) is 0 Å². The number of aliphatic hydroxyl groups excluding tert-OH is 3. The average molecular weight is 208 g/mol. The van der Waals surface area contributed by atoms with Crippen LogP contribution < -0.4 is 0 Å². The number of carbonyl (C=O) groups is 1. The molecule has 0 radical (unpaired) electrons. The van der Waals surface area contributed by atoms with Gasteiger partial charge in [0.1, 0.15) is 18.3 Å². The Morgan fingerprint density at radius 2 is 2.07 bits per heavy atom. The predicted molar refractivity (Wildman–Crippen MR) is 40.9 cm³/mol. The van der Waals surface area contributed by atoms with Gasteiger partial charge in [-0.25, -0.2) is 4.79 Å². The zero-order chi connectivity index (χ0) is 10.9. The summed E-state index contributed by atoms with van der Waals surface area (Å²) in [6.45, 7) is -0.468. The number of aliphatic hydroxyl groups is 4. The minimum atomic E-state index is -2.62. The molecule has 0 aromatic rings. The molecule has 4 atom stereocenters. The van der Waals surface area contributed by atoms with Crippen LogP contribution in [0, 0.1) is 0 Å². The molecule has 0 saturated carbocycles. The van der Waals surface area contributed by atoms with Crippen molar-refractivity contribution in [1.82, 2.24) is 0 Å². The number of hydrogen-bond donors (Lipinski definition) is 4. The maximum Gasteiger partial charge on any atom is 0.369 e. The Bertz CT molecular complexity index is 230. The molecule has 7 heteroatoms. The topological polar surface area (TPSA) is 116 Å². The molecule has 1 heterocycles. The second-order valence-electron chi connectivity index (χ2n) is 3.00. The number of carbonyl (C=O) groups excluding carboxylic acids is 1. The van der Waals surface area contributed by atoms with Gasteiger partial charge in [-0.15, -0.1) is 0 Å². The van der Waals surface area contributed by atoms with Crippen LogP contribution in [0.4, 0.5) is 0 Å². The van der Waals surface area contributed by atoms with Gasteiger partial charge in [-0.1, -0.05) is 0 Å². The molecule has 1 saturated heterocycles. The van der Waals surface area contributed by atoms with Gasteiger partial charge in [-0.05, 0) is 0 Å². The number of methoxy groups -OCH3 is 1. The van der Waals surface area contributed by atoms with Crippen LogP contribution in [-0.2, 0) is 14.3 Å². The molecule has 0 spiro atoms. The third-order valence-corrected chi connectivity index (χ3v) is 2.07. The summed E-state index contributed by atoms with van der Waals surface area (Å²) in [7, 11) is 0.994. The Hall–Kier alpha value is -0.730. The van der Waals surface area contributed by atoms with E-state index in [1.165, 1.54) is 0 Å². The van der Waals surface area contributed by atoms with E-state index in [2.05, 4.69) is 9.47 Å². The molecule has 4 N–H and O–H groups in total. The standard InChI is InChI=1S/C7H12O7/c1-13-6(11)7(12)5(10)4(9)3(8)2-14-7/h3-5,8-10,12H,2H2,1H3/t3-,4-,5-,7+/m1/s1. The summed E-state index contributed by atoms with van der Waals surface area (Å²) in [5.74, 6) is -3.84. The molecule has 0 aromatic heterocycles. The molecule has 1 aliphatic rings. The molecule has 0 unspecified atom stereocenters. The van der Waals surface area contributed by atoms with E-state index in [1.54, 1.807) is 0 Å². The van der Waals surface area contributed by atoms with Crippen molar-refractivity contribution in [3.05, 3.63) is 0 Å². The summed E-state index contributed by atoms with van der Waals surface area (Å²) in [6.07, 6.45) is -4.96. The first-order valence-electron chi connectivity index (χ1n) is 3.92. The molecule has 82 valence electrons. The van der Waals surface area contributed by atoms with Crippen LogP contribution in [0.3, 0.4) is 0 Å². The molecule has 14 heavy (non-hydrogen) atoms. The summed E-state index contributed by atoms with van der Waals surface area (Å²) in [6, 6.07) is 0. The highest BCUT2D eigenvalue weighted by Crippen LogP contribution is 2.24. The molecule has 0 aromatic carbocycles. The van der Waals surface area contributed by atoms with Gasteiger partial charge in [-0.3, -0.25) is 0 Å². The van der Waals surface area contributed by atoms with Crippen LogP contribution in [-0.4, -0.2) is 64.2 Å². The number of ether oxygens (including phenoxy) is 2. The van der Waals surface area contributed by atoms with Crippen molar-refractivity contribution in [3.8, 4) is 0 Å². The van der Waals surface area contributed by atoms with Crippen molar-refractivity contribution in [2.75, 3.05) is 13.7 Å². The van der Waals surface area contributed by atoms with E-state index in [9.17, 15) is 20.1 Å². The molecule has 1 rings (SSSR count). The van der Waals surface area contributed by atoms with Gasteiger partial charge in [0, 0.05) is 0 Å². The fourth-order valence-electron chi connectivity index (χ4n) is 1.16. The highest BCUT2D eigenvalue weighted by Gasteiger charge is 2.54. The summed E-state index contributed by atoms with van der Waals surface area (Å²) in [5.41, 5.74) is 0. The lowest BCUT2D eigenvalue weighted by Gasteiger charge is -2.39. The zero-order valence-corrected chi connectivity index (χ0v) is 7.45. The number of esters is 1. The van der Waals surface area contributed by atoms with Crippen molar-refractivity contribution in [2.45, 2.75) is 24.1 Å². The monoisotopic (exact) mass is 208 g/mol.